The van der Waals surface area contributed by atoms with E-state index in [0.717, 1.165) is 60.9 Å². The van der Waals surface area contributed by atoms with Crippen LogP contribution in [0, 0.1) is 5.82 Å². The Labute approximate surface area is 180 Å². The number of anilines is 1. The number of imidazole rings is 1. The van der Waals surface area contributed by atoms with Crippen LogP contribution in [0.3, 0.4) is 0 Å². The van der Waals surface area contributed by atoms with Gasteiger partial charge in [-0.05, 0) is 57.1 Å². The minimum atomic E-state index is -0.585. The van der Waals surface area contributed by atoms with Gasteiger partial charge in [-0.2, -0.15) is 4.98 Å². The number of fused-ring (bicyclic) bond motifs is 2. The molecule has 1 saturated carbocycles. The van der Waals surface area contributed by atoms with Crippen molar-refractivity contribution < 1.29 is 14.2 Å². The lowest BCUT2D eigenvalue weighted by molar-refractivity contribution is 0.0195. The molecule has 0 aliphatic heterocycles. The van der Waals surface area contributed by atoms with Crippen molar-refractivity contribution in [1.82, 2.24) is 19.4 Å². The zero-order valence-electron chi connectivity index (χ0n) is 17.7. The molecule has 0 spiro atoms. The average Bonchev–Trinajstić information content (AvgIpc) is 3.23. The molecule has 2 N–H and O–H groups in total. The molecule has 8 heteroatoms. The third-order valence-electron chi connectivity index (χ3n) is 6.29. The molecule has 3 aromatic heterocycles. The number of hydrogen-bond donors (Lipinski definition) is 2. The predicted octanol–water partition coefficient (Wildman–Crippen LogP) is 3.76. The summed E-state index contributed by atoms with van der Waals surface area (Å²) >= 11 is 0. The van der Waals surface area contributed by atoms with Gasteiger partial charge >= 0.3 is 0 Å². The normalized spacial score (nSPS) is 23.4. The Kier molecular flexibility index (Phi) is 4.89. The number of hydrogen-bond acceptors (Lipinski definition) is 6. The second-order valence-corrected chi connectivity index (χ2v) is 8.69. The lowest BCUT2D eigenvalue weighted by Crippen LogP contribution is -2.36. The maximum atomic E-state index is 14.6. The molecule has 31 heavy (non-hydrogen) atoms. The van der Waals surface area contributed by atoms with Gasteiger partial charge in [0.15, 0.2) is 11.5 Å². The summed E-state index contributed by atoms with van der Waals surface area (Å²) in [6, 6.07) is 1.72. The van der Waals surface area contributed by atoms with Crippen LogP contribution < -0.4 is 10.1 Å². The quantitative estimate of drug-likeness (QED) is 0.665. The highest BCUT2D eigenvalue weighted by molar-refractivity contribution is 5.84. The van der Waals surface area contributed by atoms with E-state index in [1.165, 1.54) is 6.07 Å². The highest BCUT2D eigenvalue weighted by Crippen LogP contribution is 2.38. The monoisotopic (exact) mass is 423 g/mol. The van der Waals surface area contributed by atoms with E-state index in [1.807, 2.05) is 13.1 Å². The summed E-state index contributed by atoms with van der Waals surface area (Å²) in [7, 11) is 1.59. The SMILES string of the molecule is COc1nc(N[C@H]2CC[C@@](C)(O)CC2)nc2c1C(c1cc(F)c3nccn3c1)=CCC2. The molecule has 7 nitrogen and oxygen atoms in total. The molecule has 0 bridgehead atoms. The van der Waals surface area contributed by atoms with E-state index in [1.54, 1.807) is 23.9 Å². The fourth-order valence-corrected chi connectivity index (χ4v) is 4.57. The van der Waals surface area contributed by atoms with Gasteiger partial charge in [0.2, 0.25) is 11.8 Å². The molecule has 1 fully saturated rings. The molecule has 3 heterocycles. The van der Waals surface area contributed by atoms with E-state index < -0.39 is 5.60 Å². The molecule has 0 saturated heterocycles. The summed E-state index contributed by atoms with van der Waals surface area (Å²) in [5.41, 5.74) is 3.02. The number of aliphatic hydroxyl groups is 1. The number of ether oxygens (including phenoxy) is 1. The first kappa shape index (κ1) is 19.9. The molecule has 0 unspecified atom stereocenters. The number of pyridine rings is 1. The Bertz CT molecular complexity index is 1160. The Morgan fingerprint density at radius 3 is 2.87 bits per heavy atom. The third-order valence-corrected chi connectivity index (χ3v) is 6.29. The first-order valence-corrected chi connectivity index (χ1v) is 10.7. The van der Waals surface area contributed by atoms with Crippen LogP contribution >= 0.6 is 0 Å². The molecular weight excluding hydrogens is 397 g/mol. The van der Waals surface area contributed by atoms with Crippen LogP contribution in [0.5, 0.6) is 5.88 Å². The number of nitrogens with one attached hydrogen (secondary N) is 1. The summed E-state index contributed by atoms with van der Waals surface area (Å²) in [5, 5.41) is 13.6. The predicted molar refractivity (Wildman–Crippen MR) is 116 cm³/mol. The summed E-state index contributed by atoms with van der Waals surface area (Å²) < 4.78 is 21.9. The number of halogens is 1. The molecule has 162 valence electrons. The van der Waals surface area contributed by atoms with Crippen LogP contribution in [-0.4, -0.2) is 43.2 Å². The van der Waals surface area contributed by atoms with Crippen LogP contribution in [0.15, 0.2) is 30.7 Å². The number of aryl methyl sites for hydroxylation is 1. The molecule has 3 aromatic rings. The van der Waals surface area contributed by atoms with Gasteiger partial charge < -0.3 is 19.6 Å². The Morgan fingerprint density at radius 2 is 2.10 bits per heavy atom. The van der Waals surface area contributed by atoms with Crippen LogP contribution in [0.25, 0.3) is 11.2 Å². The zero-order valence-corrected chi connectivity index (χ0v) is 17.7. The van der Waals surface area contributed by atoms with Gasteiger partial charge in [0, 0.05) is 30.2 Å². The Hall–Kier alpha value is -3.00. The van der Waals surface area contributed by atoms with Gasteiger partial charge in [0.25, 0.3) is 0 Å². The topological polar surface area (TPSA) is 84.6 Å². The maximum Gasteiger partial charge on any atom is 0.226 e. The minimum absolute atomic E-state index is 0.222. The van der Waals surface area contributed by atoms with Gasteiger partial charge in [-0.3, -0.25) is 0 Å². The lowest BCUT2D eigenvalue weighted by atomic mass is 9.84. The van der Waals surface area contributed by atoms with Crippen molar-refractivity contribution in [2.75, 3.05) is 12.4 Å². The van der Waals surface area contributed by atoms with E-state index in [9.17, 15) is 9.50 Å². The first-order valence-electron chi connectivity index (χ1n) is 10.7. The van der Waals surface area contributed by atoms with E-state index >= 15 is 0 Å². The number of methoxy groups -OCH3 is 1. The number of aromatic nitrogens is 4. The average molecular weight is 423 g/mol. The van der Waals surface area contributed by atoms with E-state index in [-0.39, 0.29) is 11.9 Å². The van der Waals surface area contributed by atoms with Gasteiger partial charge in [0.05, 0.1) is 24.0 Å². The largest absolute Gasteiger partial charge is 0.480 e. The van der Waals surface area contributed by atoms with Crippen LogP contribution in [0.2, 0.25) is 0 Å². The van der Waals surface area contributed by atoms with E-state index in [0.29, 0.717) is 17.5 Å². The molecule has 2 aliphatic carbocycles. The highest BCUT2D eigenvalue weighted by atomic mass is 19.1. The smallest absolute Gasteiger partial charge is 0.226 e. The number of rotatable bonds is 4. The van der Waals surface area contributed by atoms with Crippen molar-refractivity contribution in [1.29, 1.82) is 0 Å². The molecule has 5 rings (SSSR count). The van der Waals surface area contributed by atoms with Gasteiger partial charge in [-0.25, -0.2) is 14.4 Å². The fourth-order valence-electron chi connectivity index (χ4n) is 4.57. The minimum Gasteiger partial charge on any atom is -0.480 e. The molecule has 0 aromatic carbocycles. The molecule has 2 aliphatic rings. The van der Waals surface area contributed by atoms with Crippen molar-refractivity contribution >= 4 is 17.2 Å². The summed E-state index contributed by atoms with van der Waals surface area (Å²) in [5.74, 6) is 0.647. The summed E-state index contributed by atoms with van der Waals surface area (Å²) in [6.45, 7) is 1.89. The van der Waals surface area contributed by atoms with Crippen LogP contribution in [0.1, 0.15) is 55.8 Å². The second kappa shape index (κ2) is 7.60. The van der Waals surface area contributed by atoms with Crippen molar-refractivity contribution in [3.8, 4) is 5.88 Å². The van der Waals surface area contributed by atoms with Gasteiger partial charge in [-0.1, -0.05) is 6.08 Å². The van der Waals surface area contributed by atoms with E-state index in [2.05, 4.69) is 21.4 Å². The zero-order chi connectivity index (χ0) is 21.6. The Balaban J connectivity index is 1.48. The highest BCUT2D eigenvalue weighted by Gasteiger charge is 2.30. The van der Waals surface area contributed by atoms with Crippen LogP contribution in [-0.2, 0) is 6.42 Å². The van der Waals surface area contributed by atoms with Crippen molar-refractivity contribution in [2.24, 2.45) is 0 Å². The van der Waals surface area contributed by atoms with Crippen molar-refractivity contribution in [2.45, 2.75) is 57.1 Å². The third kappa shape index (κ3) is 3.76. The molecule has 0 amide bonds. The van der Waals surface area contributed by atoms with Gasteiger partial charge in [0.1, 0.15) is 0 Å². The van der Waals surface area contributed by atoms with Gasteiger partial charge in [-0.15, -0.1) is 0 Å². The standard InChI is InChI=1S/C23H26FN5O2/c1-23(30)8-6-15(7-9-23)26-22-27-18-5-3-4-16(19(18)21(28-22)31-2)14-12-17(24)20-25-10-11-29(20)13-14/h4,10-13,15,30H,3,5-9H2,1-2H3,(H,26,27,28)/t15-,23+. The second-order valence-electron chi connectivity index (χ2n) is 8.69. The van der Waals surface area contributed by atoms with Crippen molar-refractivity contribution in [3.05, 3.63) is 53.4 Å². The summed E-state index contributed by atoms with van der Waals surface area (Å²) in [6.07, 6.45) is 12.1. The maximum absolute atomic E-state index is 14.6. The fraction of sp³-hybridized carbons (Fsp3) is 0.435. The van der Waals surface area contributed by atoms with E-state index in [4.69, 9.17) is 9.72 Å². The molecular formula is C23H26FN5O2. The molecule has 0 radical (unpaired) electrons. The summed E-state index contributed by atoms with van der Waals surface area (Å²) in [4.78, 5) is 13.5. The Morgan fingerprint density at radius 1 is 1.29 bits per heavy atom. The first-order chi connectivity index (χ1) is 14.9. The lowest BCUT2D eigenvalue weighted by Gasteiger charge is -2.33. The number of allylic oxidation sites excluding steroid dienone is 1. The molecule has 0 atom stereocenters. The number of nitrogens with zero attached hydrogens (tertiary/aromatic N) is 4. The van der Waals surface area contributed by atoms with Crippen molar-refractivity contribution in [3.63, 3.8) is 0 Å². The van der Waals surface area contributed by atoms with Crippen LogP contribution in [0.4, 0.5) is 10.3 Å².